The summed E-state index contributed by atoms with van der Waals surface area (Å²) in [5.41, 5.74) is 4.59. The molecule has 1 amide bonds. The lowest BCUT2D eigenvalue weighted by Crippen LogP contribution is -2.31. The largest absolute Gasteiger partial charge is 0.350 e. The van der Waals surface area contributed by atoms with Gasteiger partial charge in [-0.05, 0) is 49.2 Å². The van der Waals surface area contributed by atoms with E-state index in [-0.39, 0.29) is 12.5 Å². The smallest absolute Gasteiger partial charge is 0.243 e. The highest BCUT2D eigenvalue weighted by molar-refractivity contribution is 5.97. The predicted molar refractivity (Wildman–Crippen MR) is 121 cm³/mol. The van der Waals surface area contributed by atoms with Crippen molar-refractivity contribution in [2.45, 2.75) is 13.8 Å². The van der Waals surface area contributed by atoms with E-state index in [1.165, 1.54) is 0 Å². The van der Waals surface area contributed by atoms with Gasteiger partial charge in [-0.3, -0.25) is 9.78 Å². The van der Waals surface area contributed by atoms with Crippen LogP contribution in [0.4, 0.5) is 11.5 Å². The molecular formula is C24H23N5O. The van der Waals surface area contributed by atoms with E-state index in [9.17, 15) is 4.79 Å². The second-order valence-electron chi connectivity index (χ2n) is 7.30. The van der Waals surface area contributed by atoms with Crippen LogP contribution in [0.2, 0.25) is 0 Å². The van der Waals surface area contributed by atoms with E-state index >= 15 is 0 Å². The van der Waals surface area contributed by atoms with Gasteiger partial charge in [0, 0.05) is 36.1 Å². The Labute approximate surface area is 175 Å². The summed E-state index contributed by atoms with van der Waals surface area (Å²) in [6, 6.07) is 17.6. The second-order valence-corrected chi connectivity index (χ2v) is 7.30. The van der Waals surface area contributed by atoms with Crippen LogP contribution in [0.15, 0.2) is 67.0 Å². The van der Waals surface area contributed by atoms with Crippen molar-refractivity contribution in [1.29, 1.82) is 0 Å². The van der Waals surface area contributed by atoms with Crippen LogP contribution >= 0.6 is 0 Å². The minimum absolute atomic E-state index is 0.0967. The summed E-state index contributed by atoms with van der Waals surface area (Å²) in [6.07, 6.45) is 3.46. The number of carbonyl (C=O) groups excluding carboxylic acids is 1. The van der Waals surface area contributed by atoms with Gasteiger partial charge in [0.15, 0.2) is 5.82 Å². The molecule has 0 atom stereocenters. The molecule has 0 aliphatic heterocycles. The highest BCUT2D eigenvalue weighted by Gasteiger charge is 2.16. The molecule has 0 aliphatic rings. The first-order valence-electron chi connectivity index (χ1n) is 9.77. The molecule has 0 radical (unpaired) electrons. The molecule has 6 heteroatoms. The molecule has 4 rings (SSSR count). The van der Waals surface area contributed by atoms with Crippen LogP contribution in [0, 0.1) is 13.8 Å². The van der Waals surface area contributed by atoms with Gasteiger partial charge >= 0.3 is 0 Å². The number of hydrogen-bond donors (Lipinski definition) is 1. The highest BCUT2D eigenvalue weighted by Crippen LogP contribution is 2.27. The van der Waals surface area contributed by atoms with Crippen LogP contribution < -0.4 is 10.2 Å². The van der Waals surface area contributed by atoms with E-state index in [2.05, 4.69) is 15.3 Å². The summed E-state index contributed by atoms with van der Waals surface area (Å²) in [5, 5.41) is 3.94. The molecule has 0 saturated heterocycles. The lowest BCUT2D eigenvalue weighted by atomic mass is 10.1. The molecule has 30 heavy (non-hydrogen) atoms. The van der Waals surface area contributed by atoms with Crippen molar-refractivity contribution in [2.75, 3.05) is 23.8 Å². The number of nitrogens with one attached hydrogen (secondary N) is 1. The first-order valence-corrected chi connectivity index (χ1v) is 9.77. The number of para-hydroxylation sites is 2. The Morgan fingerprint density at radius 3 is 2.47 bits per heavy atom. The fraction of sp³-hybridized carbons (Fsp3) is 0.167. The van der Waals surface area contributed by atoms with E-state index < -0.39 is 0 Å². The Balaban J connectivity index is 1.65. The first kappa shape index (κ1) is 19.5. The number of hydrogen-bond acceptors (Lipinski definition) is 5. The van der Waals surface area contributed by atoms with E-state index in [1.54, 1.807) is 12.4 Å². The van der Waals surface area contributed by atoms with Crippen molar-refractivity contribution in [2.24, 2.45) is 0 Å². The number of pyridine rings is 1. The highest BCUT2D eigenvalue weighted by atomic mass is 16.2. The van der Waals surface area contributed by atoms with Crippen molar-refractivity contribution in [3.8, 4) is 11.4 Å². The van der Waals surface area contributed by atoms with Gasteiger partial charge < -0.3 is 10.2 Å². The molecule has 0 fully saturated rings. The molecule has 2 aromatic carbocycles. The van der Waals surface area contributed by atoms with Crippen LogP contribution in [0.25, 0.3) is 22.3 Å². The third-order valence-electron chi connectivity index (χ3n) is 4.99. The molecular weight excluding hydrogens is 374 g/mol. The second kappa shape index (κ2) is 8.29. The van der Waals surface area contributed by atoms with Crippen molar-refractivity contribution < 1.29 is 4.79 Å². The van der Waals surface area contributed by atoms with Crippen LogP contribution in [-0.2, 0) is 4.79 Å². The standard InChI is InChI=1S/C24H23N5O/c1-16-8-6-9-17(2)22(16)27-21(30)15-29(3)24-19-11-4-5-12-20(19)26-23(28-24)18-10-7-13-25-14-18/h4-14H,15H2,1-3H3,(H,27,30). The zero-order valence-electron chi connectivity index (χ0n) is 17.3. The summed E-state index contributed by atoms with van der Waals surface area (Å²) < 4.78 is 0. The summed E-state index contributed by atoms with van der Waals surface area (Å²) in [7, 11) is 1.87. The predicted octanol–water partition coefficient (Wildman–Crippen LogP) is 4.38. The lowest BCUT2D eigenvalue weighted by molar-refractivity contribution is -0.114. The molecule has 1 N–H and O–H groups in total. The SMILES string of the molecule is Cc1cccc(C)c1NC(=O)CN(C)c1nc(-c2cccnc2)nc2ccccc12. The maximum Gasteiger partial charge on any atom is 0.243 e. The van der Waals surface area contributed by atoms with Gasteiger partial charge in [0.05, 0.1) is 12.1 Å². The monoisotopic (exact) mass is 397 g/mol. The molecule has 0 bridgehead atoms. The third kappa shape index (κ3) is 3.98. The number of rotatable bonds is 5. The van der Waals surface area contributed by atoms with Gasteiger partial charge in [-0.2, -0.15) is 0 Å². The molecule has 0 aliphatic carbocycles. The zero-order valence-corrected chi connectivity index (χ0v) is 17.3. The van der Waals surface area contributed by atoms with Crippen LogP contribution in [0.5, 0.6) is 0 Å². The number of fused-ring (bicyclic) bond motifs is 1. The lowest BCUT2D eigenvalue weighted by Gasteiger charge is -2.21. The van der Waals surface area contributed by atoms with Crippen LogP contribution in [0.1, 0.15) is 11.1 Å². The number of aryl methyl sites for hydroxylation is 2. The number of nitrogens with zero attached hydrogens (tertiary/aromatic N) is 4. The third-order valence-corrected chi connectivity index (χ3v) is 4.99. The summed E-state index contributed by atoms with van der Waals surface area (Å²) in [5.74, 6) is 1.19. The Kier molecular flexibility index (Phi) is 5.39. The average Bonchev–Trinajstić information content (AvgIpc) is 2.76. The molecule has 4 aromatic rings. The van der Waals surface area contributed by atoms with Crippen molar-refractivity contribution in [3.63, 3.8) is 0 Å². The molecule has 6 nitrogen and oxygen atoms in total. The van der Waals surface area contributed by atoms with Gasteiger partial charge in [-0.1, -0.05) is 30.3 Å². The number of likely N-dealkylation sites (N-methyl/N-ethyl adjacent to an activating group) is 1. The molecule has 2 aromatic heterocycles. The minimum atomic E-state index is -0.0967. The Morgan fingerprint density at radius 2 is 1.73 bits per heavy atom. The number of benzene rings is 2. The summed E-state index contributed by atoms with van der Waals surface area (Å²) >= 11 is 0. The molecule has 2 heterocycles. The van der Waals surface area contributed by atoms with E-state index in [0.717, 1.165) is 33.3 Å². The molecule has 0 saturated carbocycles. The van der Waals surface area contributed by atoms with E-state index in [0.29, 0.717) is 11.6 Å². The average molecular weight is 397 g/mol. The van der Waals surface area contributed by atoms with Gasteiger partial charge in [-0.25, -0.2) is 9.97 Å². The number of carbonyl (C=O) groups is 1. The van der Waals surface area contributed by atoms with Crippen molar-refractivity contribution >= 4 is 28.3 Å². The Hall–Kier alpha value is -3.80. The normalized spacial score (nSPS) is 10.8. The summed E-state index contributed by atoms with van der Waals surface area (Å²) in [4.78, 5) is 28.3. The Bertz CT molecular complexity index is 1190. The maximum atomic E-state index is 12.8. The summed E-state index contributed by atoms with van der Waals surface area (Å²) in [6.45, 7) is 4.15. The van der Waals surface area contributed by atoms with Gasteiger partial charge in [0.1, 0.15) is 5.82 Å². The van der Waals surface area contributed by atoms with E-state index in [4.69, 9.17) is 4.98 Å². The van der Waals surface area contributed by atoms with Gasteiger partial charge in [-0.15, -0.1) is 0 Å². The van der Waals surface area contributed by atoms with Gasteiger partial charge in [0.2, 0.25) is 5.91 Å². The minimum Gasteiger partial charge on any atom is -0.350 e. The maximum absolute atomic E-state index is 12.8. The quantitative estimate of drug-likeness (QED) is 0.541. The number of anilines is 2. The van der Waals surface area contributed by atoms with E-state index in [1.807, 2.05) is 80.4 Å². The van der Waals surface area contributed by atoms with Crippen molar-refractivity contribution in [1.82, 2.24) is 15.0 Å². The van der Waals surface area contributed by atoms with Crippen LogP contribution in [0.3, 0.4) is 0 Å². The zero-order chi connectivity index (χ0) is 21.1. The number of amides is 1. The van der Waals surface area contributed by atoms with Crippen LogP contribution in [-0.4, -0.2) is 34.5 Å². The fourth-order valence-corrected chi connectivity index (χ4v) is 3.46. The van der Waals surface area contributed by atoms with Crippen molar-refractivity contribution in [3.05, 3.63) is 78.1 Å². The number of aromatic nitrogens is 3. The fourth-order valence-electron chi connectivity index (χ4n) is 3.46. The van der Waals surface area contributed by atoms with Gasteiger partial charge in [0.25, 0.3) is 0 Å². The molecule has 0 unspecified atom stereocenters. The Morgan fingerprint density at radius 1 is 0.967 bits per heavy atom. The molecule has 0 spiro atoms. The first-order chi connectivity index (χ1) is 14.5. The topological polar surface area (TPSA) is 71.0 Å². The molecule has 150 valence electrons.